The van der Waals surface area contributed by atoms with Crippen molar-refractivity contribution in [3.8, 4) is 68.6 Å². The van der Waals surface area contributed by atoms with Crippen molar-refractivity contribution in [3.05, 3.63) is 155 Å². The molecule has 4 aromatic heterocycles. The number of hydrogen-bond donors (Lipinski definition) is 0. The molecule has 0 amide bonds. The lowest BCUT2D eigenvalue weighted by Crippen LogP contribution is -2.26. The van der Waals surface area contributed by atoms with E-state index in [1.54, 1.807) is 0 Å². The molecule has 0 bridgehead atoms. The van der Waals surface area contributed by atoms with Gasteiger partial charge in [-0.15, -0.1) is 20.4 Å². The summed E-state index contributed by atoms with van der Waals surface area (Å²) in [7, 11) is 0. The molecule has 1 spiro atoms. The zero-order valence-electron chi connectivity index (χ0n) is 31.5. The Labute approximate surface area is 319 Å². The second-order valence-corrected chi connectivity index (χ2v) is 16.5. The second-order valence-electron chi connectivity index (χ2n) is 16.5. The summed E-state index contributed by atoms with van der Waals surface area (Å²) in [5, 5.41) is 17.8. The maximum absolute atomic E-state index is 6.28. The fourth-order valence-electron chi connectivity index (χ4n) is 8.20. The standard InChI is InChI=1S/C47H38N6O2/c1-45(2,3)29-19-15-27(16-20-29)41-50-52-43(54-41)37-25-23-35-39(48-37)40-36(47(35)33-13-9-7-11-31(33)32-12-8-10-14-34(32)47)24-26-38(49-40)44-53-51-42(55-44)28-17-21-30(22-18-28)46(4,5)6/h7-26H,1-6H3. The molecule has 10 rings (SSSR count). The number of fused-ring (bicyclic) bond motifs is 10. The molecule has 0 N–H and O–H groups in total. The molecule has 55 heavy (non-hydrogen) atoms. The first kappa shape index (κ1) is 33.1. The molecule has 0 radical (unpaired) electrons. The van der Waals surface area contributed by atoms with Crippen LogP contribution in [0.3, 0.4) is 0 Å². The number of hydrogen-bond acceptors (Lipinski definition) is 8. The minimum atomic E-state index is -0.626. The highest BCUT2D eigenvalue weighted by atomic mass is 16.4. The van der Waals surface area contributed by atoms with Crippen molar-refractivity contribution in [2.45, 2.75) is 57.8 Å². The Morgan fingerprint density at radius 1 is 0.400 bits per heavy atom. The Balaban J connectivity index is 1.11. The van der Waals surface area contributed by atoms with E-state index >= 15 is 0 Å². The molecule has 8 aromatic rings. The van der Waals surface area contributed by atoms with Crippen molar-refractivity contribution in [1.82, 2.24) is 30.4 Å². The highest BCUT2D eigenvalue weighted by Gasteiger charge is 2.53. The van der Waals surface area contributed by atoms with Crippen LogP contribution < -0.4 is 0 Å². The quantitative estimate of drug-likeness (QED) is 0.177. The molecule has 0 unspecified atom stereocenters. The van der Waals surface area contributed by atoms with Gasteiger partial charge in [-0.3, -0.25) is 0 Å². The van der Waals surface area contributed by atoms with Gasteiger partial charge in [0.05, 0.1) is 16.8 Å². The number of nitrogens with zero attached hydrogens (tertiary/aromatic N) is 6. The minimum absolute atomic E-state index is 0.0406. The van der Waals surface area contributed by atoms with Gasteiger partial charge in [-0.1, -0.05) is 126 Å². The molecule has 8 heteroatoms. The van der Waals surface area contributed by atoms with Gasteiger partial charge in [0.25, 0.3) is 11.8 Å². The molecule has 2 aliphatic rings. The monoisotopic (exact) mass is 718 g/mol. The maximum Gasteiger partial charge on any atom is 0.266 e. The summed E-state index contributed by atoms with van der Waals surface area (Å²) in [6, 6.07) is 42.0. The predicted octanol–water partition coefficient (Wildman–Crippen LogP) is 10.8. The van der Waals surface area contributed by atoms with Crippen LogP contribution in [0.15, 0.2) is 130 Å². The molecule has 0 atom stereocenters. The zero-order valence-corrected chi connectivity index (χ0v) is 31.5. The van der Waals surface area contributed by atoms with Crippen molar-refractivity contribution >= 4 is 0 Å². The molecule has 268 valence electrons. The molecule has 0 aliphatic heterocycles. The summed E-state index contributed by atoms with van der Waals surface area (Å²) in [6.45, 7) is 13.2. The second kappa shape index (κ2) is 11.7. The van der Waals surface area contributed by atoms with Crippen molar-refractivity contribution in [3.63, 3.8) is 0 Å². The lowest BCUT2D eigenvalue weighted by Gasteiger charge is -2.29. The Morgan fingerprint density at radius 3 is 1.18 bits per heavy atom. The largest absolute Gasteiger partial charge is 0.415 e. The number of benzene rings is 4. The molecule has 4 aromatic carbocycles. The van der Waals surface area contributed by atoms with Crippen molar-refractivity contribution in [2.75, 3.05) is 0 Å². The molecular weight excluding hydrogens is 681 g/mol. The van der Waals surface area contributed by atoms with Gasteiger partial charge in [0, 0.05) is 11.1 Å². The van der Waals surface area contributed by atoms with Gasteiger partial charge in [-0.2, -0.15) is 0 Å². The number of pyridine rings is 2. The van der Waals surface area contributed by atoms with Crippen LogP contribution >= 0.6 is 0 Å². The first-order valence-corrected chi connectivity index (χ1v) is 18.6. The fraction of sp³-hybridized carbons (Fsp3) is 0.191. The SMILES string of the molecule is CC(C)(C)c1ccc(-c2nnc(-c3ccc4c(n3)-c3nc(-c5nnc(-c6ccc(C(C)(C)C)cc6)o5)ccc3C43c4ccccc4-c4ccccc43)o2)cc1. The van der Waals surface area contributed by atoms with Crippen molar-refractivity contribution < 1.29 is 8.83 Å². The van der Waals surface area contributed by atoms with Crippen LogP contribution in [-0.4, -0.2) is 30.4 Å². The van der Waals surface area contributed by atoms with E-state index in [0.717, 1.165) is 33.6 Å². The van der Waals surface area contributed by atoms with Gasteiger partial charge in [0.1, 0.15) is 11.4 Å². The Hall–Kier alpha value is -6.54. The Bertz CT molecular complexity index is 2590. The van der Waals surface area contributed by atoms with E-state index < -0.39 is 5.41 Å². The van der Waals surface area contributed by atoms with E-state index in [2.05, 4.69) is 147 Å². The third kappa shape index (κ3) is 5.04. The maximum atomic E-state index is 6.28. The molecule has 4 heterocycles. The summed E-state index contributed by atoms with van der Waals surface area (Å²) in [6.07, 6.45) is 0. The Kier molecular flexibility index (Phi) is 7.05. The molecule has 0 fully saturated rings. The zero-order chi connectivity index (χ0) is 37.7. The average Bonchev–Trinajstić information content (AvgIpc) is 3.99. The third-order valence-electron chi connectivity index (χ3n) is 11.1. The summed E-state index contributed by atoms with van der Waals surface area (Å²) >= 11 is 0. The van der Waals surface area contributed by atoms with Gasteiger partial charge in [0.2, 0.25) is 11.8 Å². The van der Waals surface area contributed by atoms with Gasteiger partial charge < -0.3 is 8.83 Å². The molecular formula is C47H38N6O2. The molecule has 0 saturated heterocycles. The number of aromatic nitrogens is 6. The van der Waals surface area contributed by atoms with E-state index in [1.807, 2.05) is 36.4 Å². The summed E-state index contributed by atoms with van der Waals surface area (Å²) < 4.78 is 12.6. The number of rotatable bonds is 4. The normalized spacial score (nSPS) is 13.8. The van der Waals surface area contributed by atoms with Gasteiger partial charge in [-0.25, -0.2) is 9.97 Å². The van der Waals surface area contributed by atoms with E-state index in [-0.39, 0.29) is 10.8 Å². The van der Waals surface area contributed by atoms with Gasteiger partial charge >= 0.3 is 0 Å². The van der Waals surface area contributed by atoms with Crippen LogP contribution in [0.4, 0.5) is 0 Å². The van der Waals surface area contributed by atoms with Crippen LogP contribution in [0.2, 0.25) is 0 Å². The van der Waals surface area contributed by atoms with E-state index in [4.69, 9.17) is 18.8 Å². The smallest absolute Gasteiger partial charge is 0.266 e. The van der Waals surface area contributed by atoms with Crippen LogP contribution in [0, 0.1) is 0 Å². The Morgan fingerprint density at radius 2 is 0.782 bits per heavy atom. The van der Waals surface area contributed by atoms with E-state index in [1.165, 1.54) is 33.4 Å². The first-order valence-electron chi connectivity index (χ1n) is 18.6. The van der Waals surface area contributed by atoms with Gasteiger partial charge in [0.15, 0.2) is 0 Å². The van der Waals surface area contributed by atoms with Crippen LogP contribution in [-0.2, 0) is 16.2 Å². The topological polar surface area (TPSA) is 104 Å². The van der Waals surface area contributed by atoms with E-state index in [0.29, 0.717) is 35.0 Å². The minimum Gasteiger partial charge on any atom is -0.415 e. The molecule has 0 saturated carbocycles. The average molecular weight is 719 g/mol. The third-order valence-corrected chi connectivity index (χ3v) is 11.1. The van der Waals surface area contributed by atoms with Crippen molar-refractivity contribution in [2.24, 2.45) is 0 Å². The predicted molar refractivity (Wildman–Crippen MR) is 213 cm³/mol. The molecule has 2 aliphatic carbocycles. The van der Waals surface area contributed by atoms with E-state index in [9.17, 15) is 0 Å². The van der Waals surface area contributed by atoms with Crippen LogP contribution in [0.5, 0.6) is 0 Å². The highest BCUT2D eigenvalue weighted by Crippen LogP contribution is 2.62. The first-order chi connectivity index (χ1) is 26.5. The summed E-state index contributed by atoms with van der Waals surface area (Å²) in [5.41, 5.74) is 13.1. The lowest BCUT2D eigenvalue weighted by atomic mass is 9.71. The lowest BCUT2D eigenvalue weighted by molar-refractivity contribution is 0.579. The van der Waals surface area contributed by atoms with Crippen LogP contribution in [0.1, 0.15) is 74.9 Å². The molecule has 8 nitrogen and oxygen atoms in total. The summed E-state index contributed by atoms with van der Waals surface area (Å²) in [4.78, 5) is 10.5. The summed E-state index contributed by atoms with van der Waals surface area (Å²) in [5.74, 6) is 1.55. The highest BCUT2D eigenvalue weighted by molar-refractivity contribution is 5.93. The van der Waals surface area contributed by atoms with Crippen molar-refractivity contribution in [1.29, 1.82) is 0 Å². The van der Waals surface area contributed by atoms with Gasteiger partial charge in [-0.05, 0) is 91.7 Å². The van der Waals surface area contributed by atoms with Crippen LogP contribution in [0.25, 0.3) is 68.6 Å². The fourth-order valence-corrected chi connectivity index (χ4v) is 8.20.